The zero-order chi connectivity index (χ0) is 10.6. The molecule has 2 N–H and O–H groups in total. The third-order valence-electron chi connectivity index (χ3n) is 1.81. The maximum absolute atomic E-state index is 11.5. The van der Waals surface area contributed by atoms with Crippen molar-refractivity contribution >= 4 is 22.4 Å². The number of aryl methyl sites for hydroxylation is 1. The van der Waals surface area contributed by atoms with E-state index in [4.69, 9.17) is 0 Å². The van der Waals surface area contributed by atoms with Crippen molar-refractivity contribution in [2.75, 3.05) is 18.9 Å². The molecule has 0 saturated carbocycles. The van der Waals surface area contributed by atoms with Crippen LogP contribution in [0.2, 0.25) is 0 Å². The van der Waals surface area contributed by atoms with E-state index in [1.807, 2.05) is 20.9 Å². The lowest BCUT2D eigenvalue weighted by Crippen LogP contribution is -2.28. The molecule has 1 unspecified atom stereocenters. The van der Waals surface area contributed by atoms with Crippen LogP contribution >= 0.6 is 11.3 Å². The van der Waals surface area contributed by atoms with Gasteiger partial charge in [0.1, 0.15) is 0 Å². The van der Waals surface area contributed by atoms with Gasteiger partial charge in [-0.25, -0.2) is 4.98 Å². The molecule has 1 aromatic rings. The molecule has 0 saturated heterocycles. The number of amides is 1. The van der Waals surface area contributed by atoms with Crippen molar-refractivity contribution in [2.45, 2.75) is 13.8 Å². The summed E-state index contributed by atoms with van der Waals surface area (Å²) < 4.78 is 0. The summed E-state index contributed by atoms with van der Waals surface area (Å²) in [5.74, 6) is -0.0297. The number of thiazole rings is 1. The van der Waals surface area contributed by atoms with Gasteiger partial charge in [0.05, 0.1) is 0 Å². The minimum atomic E-state index is -0.0378. The van der Waals surface area contributed by atoms with E-state index in [1.165, 1.54) is 11.3 Å². The quantitative estimate of drug-likeness (QED) is 0.791. The minimum absolute atomic E-state index is 0.00806. The van der Waals surface area contributed by atoms with Crippen molar-refractivity contribution in [1.29, 1.82) is 0 Å². The van der Waals surface area contributed by atoms with Gasteiger partial charge in [-0.1, -0.05) is 6.92 Å². The summed E-state index contributed by atoms with van der Waals surface area (Å²) in [4.78, 5) is 16.7. The van der Waals surface area contributed by atoms with Gasteiger partial charge in [-0.2, -0.15) is 0 Å². The average Bonchev–Trinajstić information content (AvgIpc) is 2.51. The highest BCUT2D eigenvalue weighted by Gasteiger charge is 2.12. The lowest BCUT2D eigenvalue weighted by atomic mass is 10.2. The Kier molecular flexibility index (Phi) is 4.03. The molecule has 5 heteroatoms. The van der Waals surface area contributed by atoms with E-state index in [9.17, 15) is 4.79 Å². The van der Waals surface area contributed by atoms with Crippen molar-refractivity contribution < 1.29 is 4.79 Å². The second kappa shape index (κ2) is 5.07. The first-order chi connectivity index (χ1) is 6.63. The molecule has 1 rings (SSSR count). The minimum Gasteiger partial charge on any atom is -0.319 e. The molecule has 1 amide bonds. The van der Waals surface area contributed by atoms with E-state index in [0.717, 1.165) is 4.88 Å². The maximum atomic E-state index is 11.5. The van der Waals surface area contributed by atoms with Crippen molar-refractivity contribution in [3.8, 4) is 0 Å². The maximum Gasteiger partial charge on any atom is 0.230 e. The van der Waals surface area contributed by atoms with Crippen LogP contribution in [-0.4, -0.2) is 24.5 Å². The predicted molar refractivity (Wildman–Crippen MR) is 58.6 cm³/mol. The van der Waals surface area contributed by atoms with Crippen LogP contribution in [-0.2, 0) is 4.79 Å². The molecule has 0 spiro atoms. The molecule has 1 atom stereocenters. The van der Waals surface area contributed by atoms with E-state index >= 15 is 0 Å². The summed E-state index contributed by atoms with van der Waals surface area (Å²) >= 11 is 1.49. The van der Waals surface area contributed by atoms with Gasteiger partial charge < -0.3 is 10.6 Å². The first kappa shape index (κ1) is 11.1. The van der Waals surface area contributed by atoms with Crippen LogP contribution < -0.4 is 10.6 Å². The second-order valence-corrected chi connectivity index (χ2v) is 4.46. The molecule has 0 aliphatic carbocycles. The first-order valence-corrected chi connectivity index (χ1v) is 5.33. The van der Waals surface area contributed by atoms with E-state index in [-0.39, 0.29) is 11.8 Å². The average molecular weight is 213 g/mol. The molecule has 0 fully saturated rings. The summed E-state index contributed by atoms with van der Waals surface area (Å²) in [5.41, 5.74) is 0. The molecule has 0 aromatic carbocycles. The Morgan fingerprint density at radius 2 is 2.43 bits per heavy atom. The van der Waals surface area contributed by atoms with Crippen molar-refractivity contribution in [2.24, 2.45) is 5.92 Å². The molecule has 78 valence electrons. The molecule has 0 aliphatic rings. The Balaban J connectivity index is 2.48. The lowest BCUT2D eigenvalue weighted by molar-refractivity contribution is -0.119. The number of carbonyl (C=O) groups is 1. The van der Waals surface area contributed by atoms with Crippen molar-refractivity contribution in [3.05, 3.63) is 11.1 Å². The highest BCUT2D eigenvalue weighted by atomic mass is 32.1. The third-order valence-corrected chi connectivity index (χ3v) is 2.64. The SMILES string of the molecule is CNCC(C)C(=O)Nc1ncc(C)s1. The smallest absolute Gasteiger partial charge is 0.230 e. The second-order valence-electron chi connectivity index (χ2n) is 3.22. The highest BCUT2D eigenvalue weighted by molar-refractivity contribution is 7.15. The molecule has 0 radical (unpaired) electrons. The lowest BCUT2D eigenvalue weighted by Gasteiger charge is -2.08. The Morgan fingerprint density at radius 3 is 2.93 bits per heavy atom. The number of anilines is 1. The molecule has 0 bridgehead atoms. The zero-order valence-electron chi connectivity index (χ0n) is 8.63. The molecule has 1 aromatic heterocycles. The first-order valence-electron chi connectivity index (χ1n) is 4.51. The number of nitrogens with zero attached hydrogens (tertiary/aromatic N) is 1. The number of rotatable bonds is 4. The number of hydrogen-bond donors (Lipinski definition) is 2. The van der Waals surface area contributed by atoms with Gasteiger partial charge in [0.2, 0.25) is 5.91 Å². The fraction of sp³-hybridized carbons (Fsp3) is 0.556. The van der Waals surface area contributed by atoms with E-state index in [1.54, 1.807) is 6.20 Å². The third kappa shape index (κ3) is 3.08. The van der Waals surface area contributed by atoms with Crippen LogP contribution in [0.5, 0.6) is 0 Å². The van der Waals surface area contributed by atoms with E-state index in [0.29, 0.717) is 11.7 Å². The van der Waals surface area contributed by atoms with Crippen LogP contribution in [0.3, 0.4) is 0 Å². The van der Waals surface area contributed by atoms with Gasteiger partial charge in [0.25, 0.3) is 0 Å². The Bertz CT molecular complexity index is 311. The normalized spacial score (nSPS) is 12.5. The van der Waals surface area contributed by atoms with Crippen LogP contribution in [0.15, 0.2) is 6.20 Å². The summed E-state index contributed by atoms with van der Waals surface area (Å²) in [6.45, 7) is 4.52. The largest absolute Gasteiger partial charge is 0.319 e. The summed E-state index contributed by atoms with van der Waals surface area (Å²) in [6.07, 6.45) is 1.75. The highest BCUT2D eigenvalue weighted by Crippen LogP contribution is 2.16. The Morgan fingerprint density at radius 1 is 1.71 bits per heavy atom. The molecular formula is C9H15N3OS. The van der Waals surface area contributed by atoms with Crippen LogP contribution in [0, 0.1) is 12.8 Å². The van der Waals surface area contributed by atoms with Gasteiger partial charge in [0.15, 0.2) is 5.13 Å². The number of nitrogens with one attached hydrogen (secondary N) is 2. The van der Waals surface area contributed by atoms with E-state index < -0.39 is 0 Å². The molecular weight excluding hydrogens is 198 g/mol. The van der Waals surface area contributed by atoms with Crippen molar-refractivity contribution in [1.82, 2.24) is 10.3 Å². The fourth-order valence-corrected chi connectivity index (χ4v) is 1.71. The van der Waals surface area contributed by atoms with E-state index in [2.05, 4.69) is 15.6 Å². The molecule has 1 heterocycles. The Hall–Kier alpha value is -0.940. The summed E-state index contributed by atoms with van der Waals surface area (Å²) in [7, 11) is 1.83. The predicted octanol–water partition coefficient (Wildman–Crippen LogP) is 1.25. The van der Waals surface area contributed by atoms with Crippen LogP contribution in [0.25, 0.3) is 0 Å². The van der Waals surface area contributed by atoms with Crippen molar-refractivity contribution in [3.63, 3.8) is 0 Å². The number of carbonyl (C=O) groups excluding carboxylic acids is 1. The molecule has 14 heavy (non-hydrogen) atoms. The summed E-state index contributed by atoms with van der Waals surface area (Å²) in [6, 6.07) is 0. The van der Waals surface area contributed by atoms with Gasteiger partial charge in [-0.15, -0.1) is 11.3 Å². The standard InChI is InChI=1S/C9H15N3OS/c1-6(4-10-3)8(13)12-9-11-5-7(2)14-9/h5-6,10H,4H2,1-3H3,(H,11,12,13). The van der Waals surface area contributed by atoms with Gasteiger partial charge in [0, 0.05) is 23.5 Å². The van der Waals surface area contributed by atoms with Crippen LogP contribution in [0.4, 0.5) is 5.13 Å². The monoisotopic (exact) mass is 213 g/mol. The zero-order valence-corrected chi connectivity index (χ0v) is 9.44. The van der Waals surface area contributed by atoms with Gasteiger partial charge in [-0.05, 0) is 14.0 Å². The number of aromatic nitrogens is 1. The molecule has 4 nitrogen and oxygen atoms in total. The summed E-state index contributed by atoms with van der Waals surface area (Å²) in [5, 5.41) is 6.41. The molecule has 0 aliphatic heterocycles. The topological polar surface area (TPSA) is 54.0 Å². The van der Waals surface area contributed by atoms with Gasteiger partial charge in [-0.3, -0.25) is 4.79 Å². The van der Waals surface area contributed by atoms with Crippen LogP contribution in [0.1, 0.15) is 11.8 Å². The van der Waals surface area contributed by atoms with Gasteiger partial charge >= 0.3 is 0 Å². The Labute approximate surface area is 87.7 Å². The number of hydrogen-bond acceptors (Lipinski definition) is 4. The fourth-order valence-electron chi connectivity index (χ4n) is 1.04.